The van der Waals surface area contributed by atoms with Crippen LogP contribution in [0.25, 0.3) is 0 Å². The maximum Gasteiger partial charge on any atom is 0.275 e. The lowest BCUT2D eigenvalue weighted by molar-refractivity contribution is -0.385. The van der Waals surface area contributed by atoms with E-state index in [1.54, 1.807) is 18.3 Å². The van der Waals surface area contributed by atoms with Gasteiger partial charge in [-0.2, -0.15) is 0 Å². The Labute approximate surface area is 120 Å². The fourth-order valence-corrected chi connectivity index (χ4v) is 1.95. The van der Waals surface area contributed by atoms with Gasteiger partial charge in [-0.1, -0.05) is 11.6 Å². The number of hydrogen-bond donors (Lipinski definition) is 1. The smallest absolute Gasteiger partial charge is 0.275 e. The molecule has 1 atom stereocenters. The van der Waals surface area contributed by atoms with E-state index in [4.69, 9.17) is 16.0 Å². The normalized spacial score (nSPS) is 12.3. The molecule has 2 rings (SSSR count). The van der Waals surface area contributed by atoms with Crippen LogP contribution in [0.5, 0.6) is 0 Å². The van der Waals surface area contributed by atoms with Gasteiger partial charge in [0, 0.05) is 23.2 Å². The number of oxazole rings is 1. The SMILES string of the molecule is Cc1cnc(C(C)NCc2ccc(Cl)cc2[N+](=O)[O-])o1. The van der Waals surface area contributed by atoms with E-state index in [9.17, 15) is 10.1 Å². The molecule has 0 amide bonds. The van der Waals surface area contributed by atoms with Crippen LogP contribution >= 0.6 is 11.6 Å². The van der Waals surface area contributed by atoms with Gasteiger partial charge in [0.15, 0.2) is 0 Å². The molecule has 0 aliphatic rings. The van der Waals surface area contributed by atoms with Crippen LogP contribution in [0.4, 0.5) is 5.69 Å². The third-order valence-electron chi connectivity index (χ3n) is 2.85. The molecule has 7 heteroatoms. The van der Waals surface area contributed by atoms with Gasteiger partial charge >= 0.3 is 0 Å². The molecule has 2 aromatic rings. The van der Waals surface area contributed by atoms with Gasteiger partial charge in [-0.15, -0.1) is 0 Å². The second kappa shape index (κ2) is 6.02. The Bertz CT molecular complexity index is 627. The number of rotatable bonds is 5. The molecule has 0 saturated heterocycles. The van der Waals surface area contributed by atoms with Crippen LogP contribution in [0.2, 0.25) is 5.02 Å². The molecule has 1 N–H and O–H groups in total. The Kier molecular flexibility index (Phi) is 4.36. The van der Waals surface area contributed by atoms with Gasteiger partial charge in [0.1, 0.15) is 5.76 Å². The van der Waals surface area contributed by atoms with E-state index in [0.717, 1.165) is 5.76 Å². The minimum absolute atomic E-state index is 0.000727. The largest absolute Gasteiger partial charge is 0.444 e. The zero-order chi connectivity index (χ0) is 14.7. The van der Waals surface area contributed by atoms with Crippen molar-refractivity contribution in [2.45, 2.75) is 26.4 Å². The molecule has 0 spiro atoms. The number of hydrogen-bond acceptors (Lipinski definition) is 5. The Hall–Kier alpha value is -1.92. The van der Waals surface area contributed by atoms with Crippen molar-refractivity contribution in [1.82, 2.24) is 10.3 Å². The van der Waals surface area contributed by atoms with E-state index >= 15 is 0 Å². The molecule has 0 aliphatic carbocycles. The number of nitro groups is 1. The molecular weight excluding hydrogens is 282 g/mol. The summed E-state index contributed by atoms with van der Waals surface area (Å²) < 4.78 is 5.40. The van der Waals surface area contributed by atoms with Crippen molar-refractivity contribution in [2.75, 3.05) is 0 Å². The lowest BCUT2D eigenvalue weighted by atomic mass is 10.1. The van der Waals surface area contributed by atoms with Gasteiger partial charge < -0.3 is 9.73 Å². The summed E-state index contributed by atoms with van der Waals surface area (Å²) in [6, 6.07) is 4.48. The number of nitrogens with one attached hydrogen (secondary N) is 1. The Balaban J connectivity index is 2.09. The van der Waals surface area contributed by atoms with Crippen LogP contribution in [-0.2, 0) is 6.54 Å². The summed E-state index contributed by atoms with van der Waals surface area (Å²) in [5, 5.41) is 14.5. The van der Waals surface area contributed by atoms with Gasteiger partial charge in [0.2, 0.25) is 5.89 Å². The summed E-state index contributed by atoms with van der Waals surface area (Å²) in [7, 11) is 0. The summed E-state index contributed by atoms with van der Waals surface area (Å²) in [6.07, 6.45) is 1.64. The van der Waals surface area contributed by atoms with Crippen molar-refractivity contribution in [1.29, 1.82) is 0 Å². The summed E-state index contributed by atoms with van der Waals surface area (Å²) in [6.45, 7) is 4.02. The first-order valence-corrected chi connectivity index (χ1v) is 6.43. The topological polar surface area (TPSA) is 81.2 Å². The van der Waals surface area contributed by atoms with Gasteiger partial charge in [-0.3, -0.25) is 10.1 Å². The molecule has 0 fully saturated rings. The van der Waals surface area contributed by atoms with Gasteiger partial charge in [-0.25, -0.2) is 4.98 Å². The third-order valence-corrected chi connectivity index (χ3v) is 3.09. The zero-order valence-corrected chi connectivity index (χ0v) is 11.8. The maximum absolute atomic E-state index is 11.0. The average Bonchev–Trinajstić information content (AvgIpc) is 2.83. The molecule has 106 valence electrons. The first kappa shape index (κ1) is 14.5. The van der Waals surface area contributed by atoms with Crippen LogP contribution in [-0.4, -0.2) is 9.91 Å². The second-order valence-electron chi connectivity index (χ2n) is 4.44. The number of halogens is 1. The van der Waals surface area contributed by atoms with Crippen molar-refractivity contribution in [3.63, 3.8) is 0 Å². The summed E-state index contributed by atoms with van der Waals surface area (Å²) >= 11 is 5.77. The fourth-order valence-electron chi connectivity index (χ4n) is 1.78. The van der Waals surface area contributed by atoms with Crippen molar-refractivity contribution >= 4 is 17.3 Å². The summed E-state index contributed by atoms with van der Waals surface area (Å²) in [5.41, 5.74) is 0.565. The Morgan fingerprint density at radius 2 is 2.30 bits per heavy atom. The number of aromatic nitrogens is 1. The standard InChI is InChI=1S/C13H14ClN3O3/c1-8-6-16-13(20-8)9(2)15-7-10-3-4-11(14)5-12(10)17(18)19/h3-6,9,15H,7H2,1-2H3. The number of nitro benzene ring substituents is 1. The highest BCUT2D eigenvalue weighted by Gasteiger charge is 2.16. The molecule has 0 aliphatic heterocycles. The highest BCUT2D eigenvalue weighted by atomic mass is 35.5. The van der Waals surface area contributed by atoms with Crippen LogP contribution < -0.4 is 5.32 Å². The Morgan fingerprint density at radius 3 is 2.90 bits per heavy atom. The molecule has 20 heavy (non-hydrogen) atoms. The zero-order valence-electron chi connectivity index (χ0n) is 11.1. The van der Waals surface area contributed by atoms with Crippen molar-refractivity contribution in [3.05, 3.63) is 56.7 Å². The van der Waals surface area contributed by atoms with Crippen LogP contribution in [0, 0.1) is 17.0 Å². The number of nitrogens with zero attached hydrogens (tertiary/aromatic N) is 2. The number of benzene rings is 1. The highest BCUT2D eigenvalue weighted by molar-refractivity contribution is 6.30. The Morgan fingerprint density at radius 1 is 1.55 bits per heavy atom. The van der Waals surface area contributed by atoms with E-state index in [-0.39, 0.29) is 11.7 Å². The molecule has 0 bridgehead atoms. The first-order valence-electron chi connectivity index (χ1n) is 6.06. The first-order chi connectivity index (χ1) is 9.47. The predicted octanol–water partition coefficient (Wildman–Crippen LogP) is 3.40. The lowest BCUT2D eigenvalue weighted by Gasteiger charge is -2.10. The minimum atomic E-state index is -0.442. The van der Waals surface area contributed by atoms with Crippen LogP contribution in [0.1, 0.15) is 30.2 Å². The molecule has 6 nitrogen and oxygen atoms in total. The monoisotopic (exact) mass is 295 g/mol. The molecule has 1 aromatic heterocycles. The second-order valence-corrected chi connectivity index (χ2v) is 4.88. The molecule has 1 unspecified atom stereocenters. The van der Waals surface area contributed by atoms with E-state index in [1.807, 2.05) is 13.8 Å². The molecule has 1 aromatic carbocycles. The van der Waals surface area contributed by atoms with E-state index in [2.05, 4.69) is 10.3 Å². The quantitative estimate of drug-likeness (QED) is 0.675. The van der Waals surface area contributed by atoms with E-state index in [1.165, 1.54) is 6.07 Å². The maximum atomic E-state index is 11.0. The molecule has 0 radical (unpaired) electrons. The number of aryl methyl sites for hydroxylation is 1. The van der Waals surface area contributed by atoms with Gasteiger partial charge in [-0.05, 0) is 26.0 Å². The lowest BCUT2D eigenvalue weighted by Crippen LogP contribution is -2.19. The molecule has 0 saturated carbocycles. The predicted molar refractivity (Wildman–Crippen MR) is 74.6 cm³/mol. The average molecular weight is 296 g/mol. The van der Waals surface area contributed by atoms with Crippen molar-refractivity contribution < 1.29 is 9.34 Å². The third kappa shape index (κ3) is 3.34. The van der Waals surface area contributed by atoms with Crippen LogP contribution in [0.15, 0.2) is 28.8 Å². The minimum Gasteiger partial charge on any atom is -0.444 e. The summed E-state index contributed by atoms with van der Waals surface area (Å²) in [4.78, 5) is 14.7. The molecular formula is C13H14ClN3O3. The molecule has 1 heterocycles. The van der Waals surface area contributed by atoms with Crippen LogP contribution in [0.3, 0.4) is 0 Å². The van der Waals surface area contributed by atoms with Crippen molar-refractivity contribution in [3.8, 4) is 0 Å². The van der Waals surface area contributed by atoms with Gasteiger partial charge in [0.05, 0.1) is 17.2 Å². The fraction of sp³-hybridized carbons (Fsp3) is 0.308. The summed E-state index contributed by atoms with van der Waals surface area (Å²) in [5.74, 6) is 1.28. The van der Waals surface area contributed by atoms with E-state index in [0.29, 0.717) is 23.0 Å². The van der Waals surface area contributed by atoms with Crippen molar-refractivity contribution in [2.24, 2.45) is 0 Å². The van der Waals surface area contributed by atoms with E-state index < -0.39 is 4.92 Å². The highest BCUT2D eigenvalue weighted by Crippen LogP contribution is 2.24. The van der Waals surface area contributed by atoms with Gasteiger partial charge in [0.25, 0.3) is 5.69 Å².